The lowest BCUT2D eigenvalue weighted by atomic mass is 9.93. The molecule has 0 aliphatic heterocycles. The van der Waals surface area contributed by atoms with Crippen LogP contribution in [0.3, 0.4) is 0 Å². The van der Waals surface area contributed by atoms with Crippen molar-refractivity contribution in [3.05, 3.63) is 34.1 Å². The molecule has 0 unspecified atom stereocenters. The van der Waals surface area contributed by atoms with Crippen LogP contribution in [0.4, 0.5) is 10.1 Å². The van der Waals surface area contributed by atoms with Gasteiger partial charge in [-0.15, -0.1) is 0 Å². The van der Waals surface area contributed by atoms with E-state index in [0.29, 0.717) is 6.54 Å². The third-order valence-corrected chi connectivity index (χ3v) is 4.36. The van der Waals surface area contributed by atoms with Gasteiger partial charge in [-0.2, -0.15) is 0 Å². The summed E-state index contributed by atoms with van der Waals surface area (Å²) in [6.45, 7) is 4.30. The molecule has 1 aromatic rings. The third kappa shape index (κ3) is 4.72. The van der Waals surface area contributed by atoms with E-state index < -0.39 is 36.8 Å². The smallest absolute Gasteiger partial charge is 0.292 e. The van der Waals surface area contributed by atoms with Crippen molar-refractivity contribution < 1.29 is 17.7 Å². The molecule has 0 bridgehead atoms. The van der Waals surface area contributed by atoms with Crippen molar-refractivity contribution in [1.29, 1.82) is 0 Å². The monoisotopic (exact) mass is 333 g/mol. The Kier molecular flexibility index (Phi) is 5.60. The number of nitro benzene ring substituents is 1. The number of hydrogen-bond donors (Lipinski definition) is 1. The van der Waals surface area contributed by atoms with E-state index >= 15 is 0 Å². The standard InChI is InChI=1S/C13H20FN3O4S/c1-13(2,9-16(3)4)8-15-22(20,21)12-10(14)6-5-7-11(12)17(18)19/h5-7,15H,8-9H2,1-4H3. The van der Waals surface area contributed by atoms with Crippen molar-refractivity contribution in [2.75, 3.05) is 27.2 Å². The van der Waals surface area contributed by atoms with Gasteiger partial charge < -0.3 is 4.90 Å². The molecule has 0 amide bonds. The summed E-state index contributed by atoms with van der Waals surface area (Å²) in [5.74, 6) is -1.15. The van der Waals surface area contributed by atoms with E-state index in [1.165, 1.54) is 0 Å². The highest BCUT2D eigenvalue weighted by Gasteiger charge is 2.31. The lowest BCUT2D eigenvalue weighted by Crippen LogP contribution is -2.40. The molecule has 1 rings (SSSR count). The zero-order valence-corrected chi connectivity index (χ0v) is 13.8. The second-order valence-electron chi connectivity index (χ2n) is 6.07. The molecule has 0 saturated carbocycles. The van der Waals surface area contributed by atoms with Gasteiger partial charge in [0.25, 0.3) is 5.69 Å². The lowest BCUT2D eigenvalue weighted by Gasteiger charge is -2.28. The number of nitrogens with one attached hydrogen (secondary N) is 1. The maximum Gasteiger partial charge on any atom is 0.292 e. The minimum atomic E-state index is -4.32. The molecule has 0 spiro atoms. The number of nitro groups is 1. The molecule has 0 aliphatic rings. The average molecular weight is 333 g/mol. The van der Waals surface area contributed by atoms with Crippen LogP contribution in [0.25, 0.3) is 0 Å². The Bertz CT molecular complexity index is 659. The van der Waals surface area contributed by atoms with E-state index in [0.717, 1.165) is 18.2 Å². The number of rotatable bonds is 7. The Hall–Kier alpha value is -1.58. The normalized spacial score (nSPS) is 12.6. The van der Waals surface area contributed by atoms with Crippen molar-refractivity contribution >= 4 is 15.7 Å². The Morgan fingerprint density at radius 2 is 1.95 bits per heavy atom. The molecule has 22 heavy (non-hydrogen) atoms. The Balaban J connectivity index is 3.09. The minimum Gasteiger partial charge on any atom is -0.309 e. The van der Waals surface area contributed by atoms with Crippen LogP contribution in [0.1, 0.15) is 13.8 Å². The quantitative estimate of drug-likeness (QED) is 0.604. The van der Waals surface area contributed by atoms with E-state index in [2.05, 4.69) is 4.72 Å². The van der Waals surface area contributed by atoms with Gasteiger partial charge in [0.1, 0.15) is 5.82 Å². The van der Waals surface area contributed by atoms with Crippen LogP contribution in [0.15, 0.2) is 23.1 Å². The van der Waals surface area contributed by atoms with Crippen LogP contribution in [0.5, 0.6) is 0 Å². The van der Waals surface area contributed by atoms with E-state index in [4.69, 9.17) is 0 Å². The van der Waals surface area contributed by atoms with E-state index in [1.54, 1.807) is 0 Å². The molecule has 0 aliphatic carbocycles. The lowest BCUT2D eigenvalue weighted by molar-refractivity contribution is -0.388. The van der Waals surface area contributed by atoms with Gasteiger partial charge in [-0.3, -0.25) is 10.1 Å². The molecule has 0 aromatic heterocycles. The van der Waals surface area contributed by atoms with Gasteiger partial charge in [0.15, 0.2) is 4.90 Å². The first-order chi connectivity index (χ1) is 9.96. The van der Waals surface area contributed by atoms with Gasteiger partial charge in [0.2, 0.25) is 10.0 Å². The molecule has 1 N–H and O–H groups in total. The predicted octanol–water partition coefficient (Wildman–Crippen LogP) is 1.60. The maximum atomic E-state index is 13.8. The summed E-state index contributed by atoms with van der Waals surface area (Å²) in [6, 6.07) is 2.94. The SMILES string of the molecule is CN(C)CC(C)(C)CNS(=O)(=O)c1c(F)cccc1[N+](=O)[O-]. The second kappa shape index (κ2) is 6.67. The second-order valence-corrected chi connectivity index (χ2v) is 7.78. The van der Waals surface area contributed by atoms with E-state index in [1.807, 2.05) is 32.8 Å². The highest BCUT2D eigenvalue weighted by atomic mass is 32.2. The first-order valence-corrected chi connectivity index (χ1v) is 8.02. The first-order valence-electron chi connectivity index (χ1n) is 6.53. The molecule has 1 aromatic carbocycles. The molecular formula is C13H20FN3O4S. The third-order valence-electron chi connectivity index (χ3n) is 2.90. The van der Waals surface area contributed by atoms with Gasteiger partial charge in [0.05, 0.1) is 4.92 Å². The van der Waals surface area contributed by atoms with Gasteiger partial charge in [0, 0.05) is 19.2 Å². The van der Waals surface area contributed by atoms with Crippen molar-refractivity contribution in [1.82, 2.24) is 9.62 Å². The van der Waals surface area contributed by atoms with Crippen LogP contribution in [-0.2, 0) is 10.0 Å². The number of hydrogen-bond acceptors (Lipinski definition) is 5. The highest BCUT2D eigenvalue weighted by Crippen LogP contribution is 2.26. The van der Waals surface area contributed by atoms with Crippen LogP contribution >= 0.6 is 0 Å². The minimum absolute atomic E-state index is 0.0268. The summed E-state index contributed by atoms with van der Waals surface area (Å²) in [4.78, 5) is 11.0. The van der Waals surface area contributed by atoms with Crippen LogP contribution in [0, 0.1) is 21.3 Å². The summed E-state index contributed by atoms with van der Waals surface area (Å²) < 4.78 is 40.5. The fourth-order valence-corrected chi connectivity index (χ4v) is 3.65. The zero-order chi connectivity index (χ0) is 17.1. The van der Waals surface area contributed by atoms with Crippen LogP contribution in [-0.4, -0.2) is 45.4 Å². The molecule has 0 atom stereocenters. The molecule has 0 fully saturated rings. The van der Waals surface area contributed by atoms with Gasteiger partial charge in [-0.25, -0.2) is 17.5 Å². The fraction of sp³-hybridized carbons (Fsp3) is 0.538. The molecular weight excluding hydrogens is 313 g/mol. The molecule has 124 valence electrons. The Morgan fingerprint density at radius 3 is 2.45 bits per heavy atom. The molecule has 0 heterocycles. The number of sulfonamides is 1. The molecule has 9 heteroatoms. The van der Waals surface area contributed by atoms with E-state index in [-0.39, 0.29) is 6.54 Å². The molecule has 7 nitrogen and oxygen atoms in total. The fourth-order valence-electron chi connectivity index (χ4n) is 2.18. The number of nitrogens with zero attached hydrogens (tertiary/aromatic N) is 2. The average Bonchev–Trinajstić information content (AvgIpc) is 2.34. The van der Waals surface area contributed by atoms with E-state index in [9.17, 15) is 22.9 Å². The summed E-state index contributed by atoms with van der Waals surface area (Å²) in [5, 5.41) is 10.9. The maximum absolute atomic E-state index is 13.8. The van der Waals surface area contributed by atoms with Gasteiger partial charge in [-0.1, -0.05) is 19.9 Å². The number of halogens is 1. The summed E-state index contributed by atoms with van der Waals surface area (Å²) in [7, 11) is -0.630. The van der Waals surface area contributed by atoms with Crippen LogP contribution in [0.2, 0.25) is 0 Å². The van der Waals surface area contributed by atoms with Crippen molar-refractivity contribution in [2.24, 2.45) is 5.41 Å². The summed E-state index contributed by atoms with van der Waals surface area (Å²) >= 11 is 0. The highest BCUT2D eigenvalue weighted by molar-refractivity contribution is 7.89. The zero-order valence-electron chi connectivity index (χ0n) is 13.0. The predicted molar refractivity (Wildman–Crippen MR) is 80.6 cm³/mol. The summed E-state index contributed by atoms with van der Waals surface area (Å²) in [5.41, 5.74) is -1.20. The number of benzene rings is 1. The summed E-state index contributed by atoms with van der Waals surface area (Å²) in [6.07, 6.45) is 0. The van der Waals surface area contributed by atoms with Gasteiger partial charge in [-0.05, 0) is 25.6 Å². The topological polar surface area (TPSA) is 92.6 Å². The first kappa shape index (κ1) is 18.5. The Labute approximate surface area is 129 Å². The van der Waals surface area contributed by atoms with Crippen molar-refractivity contribution in [3.63, 3.8) is 0 Å². The van der Waals surface area contributed by atoms with Crippen molar-refractivity contribution in [3.8, 4) is 0 Å². The van der Waals surface area contributed by atoms with Crippen molar-refractivity contribution in [2.45, 2.75) is 18.7 Å². The Morgan fingerprint density at radius 1 is 1.36 bits per heavy atom. The largest absolute Gasteiger partial charge is 0.309 e. The van der Waals surface area contributed by atoms with Crippen LogP contribution < -0.4 is 4.72 Å². The van der Waals surface area contributed by atoms with Gasteiger partial charge >= 0.3 is 0 Å². The molecule has 0 saturated heterocycles. The molecule has 0 radical (unpaired) electrons.